The number of hydrogen-bond acceptors (Lipinski definition) is 3. The zero-order valence-corrected chi connectivity index (χ0v) is 13.8. The molecule has 0 amide bonds. The molecule has 0 atom stereocenters. The third kappa shape index (κ3) is 4.53. The monoisotopic (exact) mass is 347 g/mol. The Morgan fingerprint density at radius 1 is 0.920 bits per heavy atom. The van der Waals surface area contributed by atoms with Crippen molar-refractivity contribution in [1.29, 1.82) is 0 Å². The fourth-order valence-electron chi connectivity index (χ4n) is 2.93. The fraction of sp³-hybridized carbons (Fsp3) is 0.316. The van der Waals surface area contributed by atoms with Crippen LogP contribution in [-0.2, 0) is 6.18 Å². The normalized spacial score (nSPS) is 15.6. The summed E-state index contributed by atoms with van der Waals surface area (Å²) in [5, 5.41) is 3.94. The number of anilines is 2. The van der Waals surface area contributed by atoms with Crippen molar-refractivity contribution in [2.45, 2.75) is 25.4 Å². The minimum absolute atomic E-state index is 0.0591. The van der Waals surface area contributed by atoms with E-state index in [4.69, 9.17) is 0 Å². The average Bonchev–Trinajstić information content (AvgIpc) is 2.63. The van der Waals surface area contributed by atoms with Crippen molar-refractivity contribution >= 4 is 17.6 Å². The molecule has 3 rings (SSSR count). The van der Waals surface area contributed by atoms with Crippen LogP contribution >= 0.6 is 0 Å². The SMILES string of the molecule is FC(F)(F)c1ccccc1N/N=C\c1ccc(N2CCCCC2)cc1. The summed E-state index contributed by atoms with van der Waals surface area (Å²) < 4.78 is 38.8. The number of alkyl halides is 3. The third-order valence-corrected chi connectivity index (χ3v) is 4.25. The van der Waals surface area contributed by atoms with Gasteiger partial charge in [-0.05, 0) is 49.1 Å². The number of piperidine rings is 1. The summed E-state index contributed by atoms with van der Waals surface area (Å²) >= 11 is 0. The second-order valence-electron chi connectivity index (χ2n) is 6.05. The van der Waals surface area contributed by atoms with E-state index in [2.05, 4.69) is 15.4 Å². The van der Waals surface area contributed by atoms with Gasteiger partial charge in [0.15, 0.2) is 0 Å². The van der Waals surface area contributed by atoms with Gasteiger partial charge in [0.2, 0.25) is 0 Å². The number of para-hydroxylation sites is 1. The van der Waals surface area contributed by atoms with Crippen molar-refractivity contribution in [3.8, 4) is 0 Å². The molecule has 1 saturated heterocycles. The second-order valence-corrected chi connectivity index (χ2v) is 6.05. The maximum atomic E-state index is 12.9. The molecule has 1 aliphatic rings. The van der Waals surface area contributed by atoms with Gasteiger partial charge in [-0.25, -0.2) is 0 Å². The van der Waals surface area contributed by atoms with Crippen LogP contribution in [0.2, 0.25) is 0 Å². The molecule has 0 spiro atoms. The molecule has 132 valence electrons. The van der Waals surface area contributed by atoms with Gasteiger partial charge in [0.05, 0.1) is 17.5 Å². The van der Waals surface area contributed by atoms with Crippen LogP contribution in [0, 0.1) is 0 Å². The fourth-order valence-corrected chi connectivity index (χ4v) is 2.93. The average molecular weight is 347 g/mol. The van der Waals surface area contributed by atoms with Crippen LogP contribution in [0.25, 0.3) is 0 Å². The van der Waals surface area contributed by atoms with Crippen LogP contribution in [0.15, 0.2) is 53.6 Å². The van der Waals surface area contributed by atoms with E-state index in [1.54, 1.807) is 6.07 Å². The molecule has 0 saturated carbocycles. The number of hydrogen-bond donors (Lipinski definition) is 1. The lowest BCUT2D eigenvalue weighted by Gasteiger charge is -2.28. The first-order valence-corrected chi connectivity index (χ1v) is 8.34. The van der Waals surface area contributed by atoms with Gasteiger partial charge >= 0.3 is 6.18 Å². The van der Waals surface area contributed by atoms with Gasteiger partial charge in [-0.1, -0.05) is 24.3 Å². The van der Waals surface area contributed by atoms with Crippen LogP contribution in [0.3, 0.4) is 0 Å². The van der Waals surface area contributed by atoms with Crippen LogP contribution in [0.1, 0.15) is 30.4 Å². The minimum atomic E-state index is -4.41. The lowest BCUT2D eigenvalue weighted by atomic mass is 10.1. The number of nitrogens with zero attached hydrogens (tertiary/aromatic N) is 2. The second kappa shape index (κ2) is 7.59. The molecule has 0 radical (unpaired) electrons. The molecule has 2 aromatic carbocycles. The highest BCUT2D eigenvalue weighted by molar-refractivity contribution is 5.81. The van der Waals surface area contributed by atoms with Crippen molar-refractivity contribution in [3.63, 3.8) is 0 Å². The minimum Gasteiger partial charge on any atom is -0.372 e. The van der Waals surface area contributed by atoms with Crippen LogP contribution in [0.5, 0.6) is 0 Å². The van der Waals surface area contributed by atoms with Crippen molar-refractivity contribution in [2.75, 3.05) is 23.4 Å². The molecule has 1 aliphatic heterocycles. The maximum Gasteiger partial charge on any atom is 0.418 e. The Morgan fingerprint density at radius 3 is 2.28 bits per heavy atom. The Balaban J connectivity index is 1.65. The highest BCUT2D eigenvalue weighted by Crippen LogP contribution is 2.34. The van der Waals surface area contributed by atoms with Crippen molar-refractivity contribution in [2.24, 2.45) is 5.10 Å². The summed E-state index contributed by atoms with van der Waals surface area (Å²) in [6.45, 7) is 2.15. The molecule has 0 bridgehead atoms. The first-order valence-electron chi connectivity index (χ1n) is 8.34. The zero-order valence-electron chi connectivity index (χ0n) is 13.8. The number of halogens is 3. The van der Waals surface area contributed by atoms with Crippen molar-refractivity contribution < 1.29 is 13.2 Å². The molecular weight excluding hydrogens is 327 g/mol. The van der Waals surface area contributed by atoms with Crippen molar-refractivity contribution in [3.05, 3.63) is 59.7 Å². The first-order chi connectivity index (χ1) is 12.0. The van der Waals surface area contributed by atoms with E-state index in [1.165, 1.54) is 43.3 Å². The van der Waals surface area contributed by atoms with Crippen LogP contribution < -0.4 is 10.3 Å². The van der Waals surface area contributed by atoms with E-state index in [1.807, 2.05) is 24.3 Å². The van der Waals surface area contributed by atoms with E-state index >= 15 is 0 Å². The summed E-state index contributed by atoms with van der Waals surface area (Å²) in [5.41, 5.74) is 3.70. The van der Waals surface area contributed by atoms with E-state index < -0.39 is 11.7 Å². The highest BCUT2D eigenvalue weighted by atomic mass is 19.4. The Kier molecular flexibility index (Phi) is 5.26. The van der Waals surface area contributed by atoms with Gasteiger partial charge in [0, 0.05) is 18.8 Å². The predicted molar refractivity (Wildman–Crippen MR) is 95.2 cm³/mol. The van der Waals surface area contributed by atoms with Crippen LogP contribution in [0.4, 0.5) is 24.5 Å². The lowest BCUT2D eigenvalue weighted by molar-refractivity contribution is -0.136. The maximum absolute atomic E-state index is 12.9. The summed E-state index contributed by atoms with van der Waals surface area (Å²) in [5.74, 6) is 0. The van der Waals surface area contributed by atoms with E-state index in [9.17, 15) is 13.2 Å². The molecule has 1 N–H and O–H groups in total. The van der Waals surface area contributed by atoms with Crippen molar-refractivity contribution in [1.82, 2.24) is 0 Å². The number of benzene rings is 2. The standard InChI is InChI=1S/C19H20F3N3/c20-19(21,22)17-6-2-3-7-18(17)24-23-14-15-8-10-16(11-9-15)25-12-4-1-5-13-25/h2-3,6-11,14,24H,1,4-5,12-13H2/b23-14-. The van der Waals surface area contributed by atoms with Gasteiger partial charge in [-0.15, -0.1) is 0 Å². The number of hydrazone groups is 1. The Hall–Kier alpha value is -2.50. The Labute approximate surface area is 145 Å². The molecule has 1 heterocycles. The lowest BCUT2D eigenvalue weighted by Crippen LogP contribution is -2.29. The molecule has 2 aromatic rings. The first kappa shape index (κ1) is 17.3. The highest BCUT2D eigenvalue weighted by Gasteiger charge is 2.33. The molecule has 6 heteroatoms. The molecule has 0 aromatic heterocycles. The van der Waals surface area contributed by atoms with Gasteiger partial charge in [-0.2, -0.15) is 18.3 Å². The smallest absolute Gasteiger partial charge is 0.372 e. The molecule has 3 nitrogen and oxygen atoms in total. The van der Waals surface area contributed by atoms with Gasteiger partial charge < -0.3 is 4.90 Å². The predicted octanol–water partition coefficient (Wildman–Crippen LogP) is 5.14. The largest absolute Gasteiger partial charge is 0.418 e. The topological polar surface area (TPSA) is 27.6 Å². The summed E-state index contributed by atoms with van der Waals surface area (Å²) in [6.07, 6.45) is 0.826. The molecular formula is C19H20F3N3. The number of rotatable bonds is 4. The summed E-state index contributed by atoms with van der Waals surface area (Å²) in [4.78, 5) is 2.35. The van der Waals surface area contributed by atoms with E-state index in [-0.39, 0.29) is 5.69 Å². The van der Waals surface area contributed by atoms with Crippen LogP contribution in [-0.4, -0.2) is 19.3 Å². The third-order valence-electron chi connectivity index (χ3n) is 4.25. The van der Waals surface area contributed by atoms with E-state index in [0.29, 0.717) is 0 Å². The van der Waals surface area contributed by atoms with Gasteiger partial charge in [-0.3, -0.25) is 5.43 Å². The van der Waals surface area contributed by atoms with E-state index in [0.717, 1.165) is 24.7 Å². The molecule has 0 aliphatic carbocycles. The zero-order chi connectivity index (χ0) is 17.7. The number of nitrogens with one attached hydrogen (secondary N) is 1. The molecule has 1 fully saturated rings. The summed E-state index contributed by atoms with van der Waals surface area (Å²) in [6, 6.07) is 13.2. The van der Waals surface area contributed by atoms with Gasteiger partial charge in [0.25, 0.3) is 0 Å². The molecule has 25 heavy (non-hydrogen) atoms. The van der Waals surface area contributed by atoms with Gasteiger partial charge in [0.1, 0.15) is 0 Å². The quantitative estimate of drug-likeness (QED) is 0.612. The summed E-state index contributed by atoms with van der Waals surface area (Å²) in [7, 11) is 0. The molecule has 0 unspecified atom stereocenters. The Morgan fingerprint density at radius 2 is 1.60 bits per heavy atom. The Bertz CT molecular complexity index is 717.